The van der Waals surface area contributed by atoms with Gasteiger partial charge in [0.1, 0.15) is 11.4 Å². The third-order valence-electron chi connectivity index (χ3n) is 7.80. The Kier molecular flexibility index (Phi) is 5.68. The van der Waals surface area contributed by atoms with Crippen molar-refractivity contribution in [1.82, 2.24) is 20.4 Å². The van der Waals surface area contributed by atoms with Crippen LogP contribution in [0.3, 0.4) is 0 Å². The molecule has 8 nitrogen and oxygen atoms in total. The molecule has 0 unspecified atom stereocenters. The molecule has 2 fully saturated rings. The summed E-state index contributed by atoms with van der Waals surface area (Å²) in [4.78, 5) is 30.8. The predicted molar refractivity (Wildman–Crippen MR) is 134 cm³/mol. The fourth-order valence-electron chi connectivity index (χ4n) is 5.78. The van der Waals surface area contributed by atoms with E-state index in [9.17, 15) is 14.7 Å². The van der Waals surface area contributed by atoms with Crippen molar-refractivity contribution >= 4 is 28.3 Å². The van der Waals surface area contributed by atoms with Crippen molar-refractivity contribution in [2.45, 2.75) is 45.2 Å². The molecule has 2 aromatic carbocycles. The average Bonchev–Trinajstić information content (AvgIpc) is 3.52. The van der Waals surface area contributed by atoms with Gasteiger partial charge in [0, 0.05) is 62.3 Å². The van der Waals surface area contributed by atoms with E-state index in [-0.39, 0.29) is 28.9 Å². The van der Waals surface area contributed by atoms with Crippen LogP contribution in [0.2, 0.25) is 0 Å². The molecule has 0 spiro atoms. The van der Waals surface area contributed by atoms with E-state index in [4.69, 9.17) is 0 Å². The summed E-state index contributed by atoms with van der Waals surface area (Å²) in [5, 5.41) is 21.8. The zero-order valence-corrected chi connectivity index (χ0v) is 19.8. The molecular formula is C27H31N5O3. The average molecular weight is 474 g/mol. The SMILES string of the molecule is O=C(c1n[nH]c2cc(O)c(C(=O)N3Cc4ccc(N5CCNCC5)cc4C3)cc12)C1CCCCC1. The van der Waals surface area contributed by atoms with Crippen LogP contribution in [0.5, 0.6) is 5.75 Å². The Labute approximate surface area is 204 Å². The maximum Gasteiger partial charge on any atom is 0.258 e. The number of nitrogens with one attached hydrogen (secondary N) is 2. The lowest BCUT2D eigenvalue weighted by molar-refractivity contribution is 0.0748. The molecule has 1 aromatic heterocycles. The number of aromatic amines is 1. The van der Waals surface area contributed by atoms with Gasteiger partial charge in [-0.05, 0) is 42.2 Å². The Morgan fingerprint density at radius 2 is 1.74 bits per heavy atom. The van der Waals surface area contributed by atoms with Crippen LogP contribution in [0.4, 0.5) is 5.69 Å². The number of ketones is 1. The minimum Gasteiger partial charge on any atom is -0.507 e. The summed E-state index contributed by atoms with van der Waals surface area (Å²) < 4.78 is 0. The van der Waals surface area contributed by atoms with Gasteiger partial charge >= 0.3 is 0 Å². The summed E-state index contributed by atoms with van der Waals surface area (Å²) >= 11 is 0. The number of carbonyl (C=O) groups excluding carboxylic acids is 2. The summed E-state index contributed by atoms with van der Waals surface area (Å²) in [6.07, 6.45) is 5.08. The Morgan fingerprint density at radius 3 is 2.54 bits per heavy atom. The van der Waals surface area contributed by atoms with Gasteiger partial charge in [0.15, 0.2) is 5.78 Å². The molecule has 1 aliphatic carbocycles. The Hall–Kier alpha value is -3.39. The fraction of sp³-hybridized carbons (Fsp3) is 0.444. The lowest BCUT2D eigenvalue weighted by Crippen LogP contribution is -2.43. The Balaban J connectivity index is 1.25. The Morgan fingerprint density at radius 1 is 0.971 bits per heavy atom. The normalized spacial score (nSPS) is 18.7. The third kappa shape index (κ3) is 4.05. The zero-order valence-electron chi connectivity index (χ0n) is 19.8. The van der Waals surface area contributed by atoms with E-state index in [1.54, 1.807) is 11.0 Å². The van der Waals surface area contributed by atoms with Crippen LogP contribution in [-0.2, 0) is 13.1 Å². The minimum atomic E-state index is -0.235. The maximum atomic E-state index is 13.5. The summed E-state index contributed by atoms with van der Waals surface area (Å²) in [6, 6.07) is 9.59. The first-order valence-electron chi connectivity index (χ1n) is 12.7. The first-order chi connectivity index (χ1) is 17.1. The molecule has 1 saturated carbocycles. The molecule has 182 valence electrons. The van der Waals surface area contributed by atoms with Gasteiger partial charge in [-0.15, -0.1) is 0 Å². The smallest absolute Gasteiger partial charge is 0.258 e. The van der Waals surface area contributed by atoms with Crippen molar-refractivity contribution < 1.29 is 14.7 Å². The highest BCUT2D eigenvalue weighted by Gasteiger charge is 2.30. The monoisotopic (exact) mass is 473 g/mol. The lowest BCUT2D eigenvalue weighted by Gasteiger charge is -2.29. The van der Waals surface area contributed by atoms with Gasteiger partial charge in [-0.2, -0.15) is 5.10 Å². The number of Topliss-reactive ketones (excluding diaryl/α,β-unsaturated/α-hetero) is 1. The number of hydrogen-bond acceptors (Lipinski definition) is 6. The van der Waals surface area contributed by atoms with Crippen molar-refractivity contribution in [3.8, 4) is 5.75 Å². The van der Waals surface area contributed by atoms with Crippen LogP contribution in [0.15, 0.2) is 30.3 Å². The molecule has 0 bridgehead atoms. The largest absolute Gasteiger partial charge is 0.507 e. The first-order valence-corrected chi connectivity index (χ1v) is 12.7. The molecule has 0 atom stereocenters. The number of rotatable bonds is 4. The van der Waals surface area contributed by atoms with Crippen molar-refractivity contribution in [3.63, 3.8) is 0 Å². The van der Waals surface area contributed by atoms with Gasteiger partial charge in [0.05, 0.1) is 11.1 Å². The predicted octanol–water partition coefficient (Wildman–Crippen LogP) is 3.60. The van der Waals surface area contributed by atoms with Gasteiger partial charge in [0.2, 0.25) is 0 Å². The first kappa shape index (κ1) is 22.1. The second kappa shape index (κ2) is 9.00. The number of H-pyrrole nitrogens is 1. The van der Waals surface area contributed by atoms with E-state index < -0.39 is 0 Å². The number of fused-ring (bicyclic) bond motifs is 2. The highest BCUT2D eigenvalue weighted by molar-refractivity contribution is 6.10. The number of phenols is 1. The molecule has 6 rings (SSSR count). The molecule has 1 amide bonds. The van der Waals surface area contributed by atoms with E-state index >= 15 is 0 Å². The van der Waals surface area contributed by atoms with Gasteiger partial charge in [-0.25, -0.2) is 0 Å². The minimum absolute atomic E-state index is 0.0128. The number of piperazine rings is 1. The van der Waals surface area contributed by atoms with Gasteiger partial charge in [-0.1, -0.05) is 25.3 Å². The van der Waals surface area contributed by atoms with Gasteiger partial charge in [0.25, 0.3) is 5.91 Å². The summed E-state index contributed by atoms with van der Waals surface area (Å²) in [6.45, 7) is 4.91. The van der Waals surface area contributed by atoms with E-state index in [0.29, 0.717) is 29.7 Å². The molecule has 35 heavy (non-hydrogen) atoms. The van der Waals surface area contributed by atoms with Crippen molar-refractivity contribution in [2.24, 2.45) is 5.92 Å². The van der Waals surface area contributed by atoms with Crippen molar-refractivity contribution in [2.75, 3.05) is 31.1 Å². The molecule has 8 heteroatoms. The standard InChI is InChI=1S/C27H31N5O3/c33-24-14-23-21(25(30-29-23)26(34)17-4-2-1-3-5-17)13-22(24)27(35)32-15-18-6-7-20(12-19(18)16-32)31-10-8-28-9-11-31/h6-7,12-14,17,28,33H,1-5,8-11,15-16H2,(H,29,30). The number of aromatic hydroxyl groups is 1. The molecule has 2 aliphatic heterocycles. The molecule has 1 saturated heterocycles. The van der Waals surface area contributed by atoms with E-state index in [1.165, 1.54) is 18.2 Å². The third-order valence-corrected chi connectivity index (χ3v) is 7.80. The van der Waals surface area contributed by atoms with Crippen molar-refractivity contribution in [1.29, 1.82) is 0 Å². The van der Waals surface area contributed by atoms with Gasteiger partial charge in [-0.3, -0.25) is 14.7 Å². The molecule has 3 N–H and O–H groups in total. The molecule has 3 aliphatic rings. The van der Waals surface area contributed by atoms with E-state index in [1.807, 2.05) is 0 Å². The second-order valence-corrected chi connectivity index (χ2v) is 10.0. The summed E-state index contributed by atoms with van der Waals surface area (Å²) in [5.74, 6) is -0.308. The van der Waals surface area contributed by atoms with Crippen LogP contribution in [0.25, 0.3) is 10.9 Å². The van der Waals surface area contributed by atoms with Crippen molar-refractivity contribution in [3.05, 3.63) is 52.7 Å². The number of amides is 1. The fourth-order valence-corrected chi connectivity index (χ4v) is 5.78. The van der Waals surface area contributed by atoms with E-state index in [0.717, 1.165) is 63.0 Å². The number of nitrogens with zero attached hydrogens (tertiary/aromatic N) is 3. The van der Waals surface area contributed by atoms with Crippen LogP contribution in [-0.4, -0.2) is 58.1 Å². The molecular weight excluding hydrogens is 442 g/mol. The van der Waals surface area contributed by atoms with E-state index in [2.05, 4.69) is 38.6 Å². The highest BCUT2D eigenvalue weighted by atomic mass is 16.3. The summed E-state index contributed by atoms with van der Waals surface area (Å²) in [5.41, 5.74) is 4.63. The number of carbonyl (C=O) groups is 2. The number of aromatic nitrogens is 2. The molecule has 0 radical (unpaired) electrons. The number of hydrogen-bond donors (Lipinski definition) is 3. The van der Waals surface area contributed by atoms with Crippen LogP contribution in [0, 0.1) is 5.92 Å². The number of anilines is 1. The zero-order chi connectivity index (χ0) is 23.9. The number of phenolic OH excluding ortho intramolecular Hbond substituents is 1. The highest BCUT2D eigenvalue weighted by Crippen LogP contribution is 2.34. The molecule has 3 aromatic rings. The summed E-state index contributed by atoms with van der Waals surface area (Å²) in [7, 11) is 0. The second-order valence-electron chi connectivity index (χ2n) is 10.0. The van der Waals surface area contributed by atoms with Crippen LogP contribution < -0.4 is 10.2 Å². The van der Waals surface area contributed by atoms with Gasteiger partial charge < -0.3 is 20.2 Å². The Bertz CT molecular complexity index is 1290. The van der Waals surface area contributed by atoms with Crippen LogP contribution in [0.1, 0.15) is 64.1 Å². The van der Waals surface area contributed by atoms with Crippen LogP contribution >= 0.6 is 0 Å². The number of benzene rings is 2. The topological polar surface area (TPSA) is 102 Å². The maximum absolute atomic E-state index is 13.5. The molecule has 3 heterocycles. The lowest BCUT2D eigenvalue weighted by atomic mass is 9.84. The quantitative estimate of drug-likeness (QED) is 0.501.